The number of anilines is 1. The van der Waals surface area contributed by atoms with Crippen molar-refractivity contribution in [2.24, 2.45) is 0 Å². The monoisotopic (exact) mass is 361 g/mol. The Labute approximate surface area is 151 Å². The molecule has 0 heterocycles. The van der Waals surface area contributed by atoms with E-state index in [-0.39, 0.29) is 12.2 Å². The van der Waals surface area contributed by atoms with E-state index in [1.165, 1.54) is 49.8 Å². The Hall–Kier alpha value is -2.30. The molecule has 2 nitrogen and oxygen atoms in total. The molecule has 26 heavy (non-hydrogen) atoms. The van der Waals surface area contributed by atoms with Crippen LogP contribution in [-0.4, -0.2) is 12.1 Å². The predicted octanol–water partition coefficient (Wildman–Crippen LogP) is 5.83. The maximum atomic E-state index is 13.0. The Morgan fingerprint density at radius 1 is 0.923 bits per heavy atom. The molecule has 1 fully saturated rings. The second-order valence-corrected chi connectivity index (χ2v) is 6.80. The lowest BCUT2D eigenvalue weighted by Gasteiger charge is -2.25. The number of carbonyl (C=O) groups is 1. The van der Waals surface area contributed by atoms with Crippen LogP contribution in [0.3, 0.4) is 0 Å². The van der Waals surface area contributed by atoms with E-state index >= 15 is 0 Å². The van der Waals surface area contributed by atoms with E-state index in [0.29, 0.717) is 11.5 Å². The number of hydrogen-bond acceptors (Lipinski definition) is 1. The highest BCUT2D eigenvalue weighted by molar-refractivity contribution is 5.97. The summed E-state index contributed by atoms with van der Waals surface area (Å²) < 4.78 is 39.0. The van der Waals surface area contributed by atoms with Gasteiger partial charge in [0.1, 0.15) is 0 Å². The number of amides is 1. The molecule has 1 aliphatic rings. The van der Waals surface area contributed by atoms with Crippen molar-refractivity contribution in [2.45, 2.75) is 50.7 Å². The minimum absolute atomic E-state index is 0.104. The summed E-state index contributed by atoms with van der Waals surface area (Å²) in [6.07, 6.45) is 1.17. The topological polar surface area (TPSA) is 20.3 Å². The summed E-state index contributed by atoms with van der Waals surface area (Å²) in [6, 6.07) is 15.6. The fraction of sp³-hybridized carbons (Fsp3) is 0.381. The second kappa shape index (κ2) is 7.94. The lowest BCUT2D eigenvalue weighted by atomic mass is 9.84. The first-order valence-electron chi connectivity index (χ1n) is 8.98. The summed E-state index contributed by atoms with van der Waals surface area (Å²) >= 11 is 0. The van der Waals surface area contributed by atoms with E-state index in [1.807, 2.05) is 24.3 Å². The summed E-state index contributed by atoms with van der Waals surface area (Å²) in [5.74, 6) is -1.31. The first kappa shape index (κ1) is 18.5. The van der Waals surface area contributed by atoms with Crippen LogP contribution >= 0.6 is 0 Å². The quantitative estimate of drug-likeness (QED) is 0.671. The number of halogens is 3. The largest absolute Gasteiger partial charge is 0.471 e. The minimum Gasteiger partial charge on any atom is -0.300 e. The number of para-hydroxylation sites is 1. The lowest BCUT2D eigenvalue weighted by Crippen LogP contribution is -2.40. The van der Waals surface area contributed by atoms with Crippen LogP contribution in [0.1, 0.15) is 49.1 Å². The van der Waals surface area contributed by atoms with Crippen molar-refractivity contribution in [1.29, 1.82) is 0 Å². The maximum absolute atomic E-state index is 13.0. The molecule has 1 saturated carbocycles. The van der Waals surface area contributed by atoms with Gasteiger partial charge in [-0.05, 0) is 42.0 Å². The highest BCUT2D eigenvalue weighted by Crippen LogP contribution is 2.33. The summed E-state index contributed by atoms with van der Waals surface area (Å²) in [5, 5.41) is 0. The van der Waals surface area contributed by atoms with Crippen molar-refractivity contribution in [3.8, 4) is 0 Å². The third kappa shape index (κ3) is 4.45. The van der Waals surface area contributed by atoms with Gasteiger partial charge in [-0.25, -0.2) is 0 Å². The zero-order chi connectivity index (χ0) is 18.6. The molecule has 1 amide bonds. The molecule has 0 atom stereocenters. The standard InChI is InChI=1S/C21H22F3NO/c22-21(23,24)20(26)25(19-9-5-2-6-10-19)15-16-11-13-18(14-12-16)17-7-3-1-4-8-17/h2,5-6,9-14,17H,1,3-4,7-8,15H2. The molecule has 0 spiro atoms. The number of alkyl halides is 3. The molecule has 2 aromatic rings. The van der Waals surface area contributed by atoms with Gasteiger partial charge in [-0.2, -0.15) is 13.2 Å². The summed E-state index contributed by atoms with van der Waals surface area (Å²) in [5.41, 5.74) is 2.17. The third-order valence-electron chi connectivity index (χ3n) is 4.95. The fourth-order valence-electron chi connectivity index (χ4n) is 3.56. The molecule has 5 heteroatoms. The van der Waals surface area contributed by atoms with Crippen molar-refractivity contribution in [2.75, 3.05) is 4.90 Å². The molecule has 0 saturated heterocycles. The van der Waals surface area contributed by atoms with E-state index in [0.717, 1.165) is 4.90 Å². The van der Waals surface area contributed by atoms with Crippen molar-refractivity contribution in [3.63, 3.8) is 0 Å². The number of nitrogens with zero attached hydrogens (tertiary/aromatic N) is 1. The molecular weight excluding hydrogens is 339 g/mol. The Balaban J connectivity index is 1.79. The van der Waals surface area contributed by atoms with Gasteiger partial charge in [-0.3, -0.25) is 4.79 Å². The van der Waals surface area contributed by atoms with Gasteiger partial charge in [0.25, 0.3) is 0 Å². The SMILES string of the molecule is O=C(N(Cc1ccc(C2CCCCC2)cc1)c1ccccc1)C(F)(F)F. The van der Waals surface area contributed by atoms with Gasteiger partial charge in [0.15, 0.2) is 0 Å². The van der Waals surface area contributed by atoms with Crippen molar-refractivity contribution < 1.29 is 18.0 Å². The highest BCUT2D eigenvalue weighted by Gasteiger charge is 2.43. The van der Waals surface area contributed by atoms with E-state index in [2.05, 4.69) is 0 Å². The van der Waals surface area contributed by atoms with Gasteiger partial charge in [0.2, 0.25) is 0 Å². The molecule has 0 unspecified atom stereocenters. The molecule has 138 valence electrons. The second-order valence-electron chi connectivity index (χ2n) is 6.80. The number of carbonyl (C=O) groups excluding carboxylic acids is 1. The molecule has 0 bridgehead atoms. The first-order valence-corrected chi connectivity index (χ1v) is 8.98. The van der Waals surface area contributed by atoms with Gasteiger partial charge >= 0.3 is 12.1 Å². The minimum atomic E-state index is -4.90. The van der Waals surface area contributed by atoms with Gasteiger partial charge in [0.05, 0.1) is 6.54 Å². The normalized spacial score (nSPS) is 15.7. The van der Waals surface area contributed by atoms with Crippen LogP contribution in [0, 0.1) is 0 Å². The van der Waals surface area contributed by atoms with E-state index < -0.39 is 12.1 Å². The van der Waals surface area contributed by atoms with Gasteiger partial charge in [-0.15, -0.1) is 0 Å². The van der Waals surface area contributed by atoms with Crippen molar-refractivity contribution >= 4 is 11.6 Å². The molecule has 0 aliphatic heterocycles. The van der Waals surface area contributed by atoms with Crippen molar-refractivity contribution in [1.82, 2.24) is 0 Å². The number of benzene rings is 2. The summed E-state index contributed by atoms with van der Waals surface area (Å²) in [6.45, 7) is -0.104. The molecule has 3 rings (SSSR count). The van der Waals surface area contributed by atoms with Crippen LogP contribution in [0.5, 0.6) is 0 Å². The maximum Gasteiger partial charge on any atom is 0.471 e. The number of rotatable bonds is 4. The molecule has 0 radical (unpaired) electrons. The average molecular weight is 361 g/mol. The van der Waals surface area contributed by atoms with E-state index in [4.69, 9.17) is 0 Å². The zero-order valence-electron chi connectivity index (χ0n) is 14.5. The Bertz CT molecular complexity index is 719. The summed E-state index contributed by atoms with van der Waals surface area (Å²) in [4.78, 5) is 12.7. The molecular formula is C21H22F3NO. The molecule has 1 aliphatic carbocycles. The van der Waals surface area contributed by atoms with Crippen molar-refractivity contribution in [3.05, 3.63) is 65.7 Å². The number of hydrogen-bond donors (Lipinski definition) is 0. The van der Waals surface area contributed by atoms with Gasteiger partial charge in [-0.1, -0.05) is 61.7 Å². The van der Waals surface area contributed by atoms with Gasteiger partial charge in [0, 0.05) is 5.69 Å². The molecule has 0 N–H and O–H groups in total. The summed E-state index contributed by atoms with van der Waals surface area (Å²) in [7, 11) is 0. The Morgan fingerprint density at radius 2 is 1.54 bits per heavy atom. The lowest BCUT2D eigenvalue weighted by molar-refractivity contribution is -0.170. The molecule has 0 aromatic heterocycles. The van der Waals surface area contributed by atoms with Crippen LogP contribution in [0.25, 0.3) is 0 Å². The fourth-order valence-corrected chi connectivity index (χ4v) is 3.56. The van der Waals surface area contributed by atoms with Crippen LogP contribution in [0.4, 0.5) is 18.9 Å². The predicted molar refractivity (Wildman–Crippen MR) is 96.0 cm³/mol. The van der Waals surface area contributed by atoms with Crippen LogP contribution in [-0.2, 0) is 11.3 Å². The van der Waals surface area contributed by atoms with Crippen LogP contribution in [0.2, 0.25) is 0 Å². The first-order chi connectivity index (χ1) is 12.4. The van der Waals surface area contributed by atoms with E-state index in [9.17, 15) is 18.0 Å². The highest BCUT2D eigenvalue weighted by atomic mass is 19.4. The van der Waals surface area contributed by atoms with E-state index in [1.54, 1.807) is 18.2 Å². The molecule has 2 aromatic carbocycles. The van der Waals surface area contributed by atoms with Gasteiger partial charge < -0.3 is 4.90 Å². The van der Waals surface area contributed by atoms with Crippen LogP contribution < -0.4 is 4.90 Å². The Morgan fingerprint density at radius 3 is 2.12 bits per heavy atom. The smallest absolute Gasteiger partial charge is 0.300 e. The average Bonchev–Trinajstić information content (AvgIpc) is 2.67. The zero-order valence-corrected chi connectivity index (χ0v) is 14.5. The van der Waals surface area contributed by atoms with Crippen LogP contribution in [0.15, 0.2) is 54.6 Å². The third-order valence-corrected chi connectivity index (χ3v) is 4.95. The Kier molecular flexibility index (Phi) is 5.64.